The third-order valence-corrected chi connectivity index (χ3v) is 13.5. The van der Waals surface area contributed by atoms with Crippen molar-refractivity contribution in [3.63, 3.8) is 0 Å². The van der Waals surface area contributed by atoms with Gasteiger partial charge in [0.25, 0.3) is 0 Å². The Labute approximate surface area is 315 Å². The van der Waals surface area contributed by atoms with Crippen LogP contribution in [-0.4, -0.2) is 62.7 Å². The third-order valence-electron chi connectivity index (χ3n) is 10.7. The van der Waals surface area contributed by atoms with E-state index < -0.39 is 12.2 Å². The van der Waals surface area contributed by atoms with E-state index in [1.165, 1.54) is 19.4 Å². The monoisotopic (exact) mass is 751 g/mol. The van der Waals surface area contributed by atoms with Gasteiger partial charge in [-0.25, -0.2) is 0 Å². The minimum Gasteiger partial charge on any atom is -0.504 e. The number of rotatable bonds is 11. The van der Waals surface area contributed by atoms with Crippen molar-refractivity contribution >= 4 is 27.6 Å². The van der Waals surface area contributed by atoms with Gasteiger partial charge in [0.2, 0.25) is 5.75 Å². The van der Waals surface area contributed by atoms with Gasteiger partial charge in [-0.15, -0.1) is 0 Å². The summed E-state index contributed by atoms with van der Waals surface area (Å²) in [4.78, 5) is 16.6. The number of phenols is 3. The number of phenolic OH excluding ortho intramolecular Hbond substituents is 3. The molecule has 3 aromatic rings. The molecule has 3 N–H and O–H groups in total. The van der Waals surface area contributed by atoms with Crippen molar-refractivity contribution in [3.05, 3.63) is 71.5 Å². The molecule has 2 fully saturated rings. The summed E-state index contributed by atoms with van der Waals surface area (Å²) < 4.78 is 25.6. The number of hydrogen-bond acceptors (Lipinski definition) is 11. The van der Waals surface area contributed by atoms with Crippen molar-refractivity contribution in [1.29, 1.82) is 0 Å². The lowest BCUT2D eigenvalue weighted by Crippen LogP contribution is -2.47. The average molecular weight is 752 g/mol. The van der Waals surface area contributed by atoms with E-state index in [0.29, 0.717) is 42.9 Å². The highest BCUT2D eigenvalue weighted by Gasteiger charge is 2.46. The minimum atomic E-state index is -0.529. The molecule has 1 aliphatic carbocycles. The molecule has 0 radical (unpaired) electrons. The van der Waals surface area contributed by atoms with Gasteiger partial charge in [0.1, 0.15) is 6.10 Å². The van der Waals surface area contributed by atoms with Gasteiger partial charge in [-0.1, -0.05) is 59.9 Å². The maximum atomic E-state index is 12.4. The normalized spacial score (nSPS) is 26.5. The second-order valence-electron chi connectivity index (χ2n) is 14.8. The molecule has 2 aliphatic heterocycles. The van der Waals surface area contributed by atoms with E-state index in [4.69, 9.17) is 18.9 Å². The standard InChI is InChI=1S/C41H53NO8S2/c1-3-4-5-14-41(23-29-11-12-34(44)37(18-29)49-32-10-6-8-30(17-32)25-51-52-26-41)39-22-33(48-27(2)43)21-36(50-39)31-19-35(45)40(46)38(20-31)47-16-13-28-9-7-15-42-24-28/h7,9,11-12,15,18-20,24,30,32-33,36,39,44-46H,3-6,8,10,13-14,16-17,21-23,25-26H2,1-2H3/t30-,32+,33-,36-,39-,41+/m0/s1. The first-order valence-corrected chi connectivity index (χ1v) is 21.3. The molecular weight excluding hydrogens is 699 g/mol. The molecule has 4 bridgehead atoms. The maximum absolute atomic E-state index is 12.4. The molecule has 3 heterocycles. The van der Waals surface area contributed by atoms with Gasteiger partial charge in [0.05, 0.1) is 24.9 Å². The van der Waals surface area contributed by atoms with Gasteiger partial charge in [0, 0.05) is 55.5 Å². The molecule has 0 spiro atoms. The summed E-state index contributed by atoms with van der Waals surface area (Å²) in [6.07, 6.45) is 13.0. The van der Waals surface area contributed by atoms with Crippen LogP contribution in [0.2, 0.25) is 0 Å². The number of esters is 1. The fourth-order valence-corrected chi connectivity index (χ4v) is 11.2. The Balaban J connectivity index is 1.33. The van der Waals surface area contributed by atoms with Crippen LogP contribution in [-0.2, 0) is 27.1 Å². The van der Waals surface area contributed by atoms with Gasteiger partial charge >= 0.3 is 5.97 Å². The summed E-state index contributed by atoms with van der Waals surface area (Å²) in [7, 11) is 3.85. The van der Waals surface area contributed by atoms with E-state index in [1.54, 1.807) is 24.5 Å². The number of unbranched alkanes of at least 4 members (excludes halogenated alkanes) is 2. The number of fused-ring (bicyclic) bond motifs is 4. The molecule has 282 valence electrons. The highest BCUT2D eigenvalue weighted by atomic mass is 33.1. The molecule has 9 nitrogen and oxygen atoms in total. The first kappa shape index (κ1) is 38.4. The van der Waals surface area contributed by atoms with Crippen LogP contribution in [0.25, 0.3) is 0 Å². The fourth-order valence-electron chi connectivity index (χ4n) is 8.02. The van der Waals surface area contributed by atoms with E-state index >= 15 is 0 Å². The number of pyridine rings is 1. The quantitative estimate of drug-likeness (QED) is 0.0751. The van der Waals surface area contributed by atoms with Gasteiger partial charge in [-0.05, 0) is 91.5 Å². The van der Waals surface area contributed by atoms with Gasteiger partial charge < -0.3 is 34.3 Å². The highest BCUT2D eigenvalue weighted by Crippen LogP contribution is 2.50. The molecule has 6 rings (SSSR count). The van der Waals surface area contributed by atoms with E-state index in [0.717, 1.165) is 67.6 Å². The molecule has 1 saturated heterocycles. The van der Waals surface area contributed by atoms with Crippen LogP contribution < -0.4 is 9.47 Å². The summed E-state index contributed by atoms with van der Waals surface area (Å²) in [5, 5.41) is 32.6. The lowest BCUT2D eigenvalue weighted by atomic mass is 9.71. The molecular formula is C41H53NO8S2. The number of hydrogen-bond donors (Lipinski definition) is 3. The van der Waals surface area contributed by atoms with Crippen molar-refractivity contribution in [2.24, 2.45) is 11.3 Å². The number of aromatic nitrogens is 1. The van der Waals surface area contributed by atoms with Gasteiger partial charge in [0.15, 0.2) is 23.0 Å². The Morgan fingerprint density at radius 2 is 1.92 bits per heavy atom. The van der Waals surface area contributed by atoms with E-state index in [2.05, 4.69) is 11.9 Å². The smallest absolute Gasteiger partial charge is 0.302 e. The zero-order valence-electron chi connectivity index (χ0n) is 30.3. The molecule has 11 heteroatoms. The predicted molar refractivity (Wildman–Crippen MR) is 205 cm³/mol. The van der Waals surface area contributed by atoms with Crippen LogP contribution in [0.15, 0.2) is 54.9 Å². The molecule has 3 aliphatic rings. The summed E-state index contributed by atoms with van der Waals surface area (Å²) in [6.45, 7) is 3.93. The molecule has 2 aromatic carbocycles. The Bertz CT molecular complexity index is 1630. The summed E-state index contributed by atoms with van der Waals surface area (Å²) in [5.41, 5.74) is 2.38. The Morgan fingerprint density at radius 1 is 1.04 bits per heavy atom. The fraction of sp³-hybridized carbons (Fsp3) is 0.561. The molecule has 1 saturated carbocycles. The van der Waals surface area contributed by atoms with Crippen LogP contribution in [0, 0.1) is 11.3 Å². The highest BCUT2D eigenvalue weighted by molar-refractivity contribution is 8.76. The maximum Gasteiger partial charge on any atom is 0.302 e. The summed E-state index contributed by atoms with van der Waals surface area (Å²) in [6, 6.07) is 12.9. The van der Waals surface area contributed by atoms with Crippen LogP contribution in [0.1, 0.15) is 101 Å². The molecule has 6 atom stereocenters. The lowest BCUT2D eigenvalue weighted by Gasteiger charge is -2.47. The second kappa shape index (κ2) is 18.2. The van der Waals surface area contributed by atoms with Crippen molar-refractivity contribution < 1.29 is 39.1 Å². The Kier molecular flexibility index (Phi) is 13.4. The Hall–Kier alpha value is -3.28. The van der Waals surface area contributed by atoms with E-state index in [-0.39, 0.29) is 53.2 Å². The van der Waals surface area contributed by atoms with Gasteiger partial charge in [-0.3, -0.25) is 9.78 Å². The van der Waals surface area contributed by atoms with E-state index in [1.807, 2.05) is 45.9 Å². The summed E-state index contributed by atoms with van der Waals surface area (Å²) >= 11 is 0. The zero-order chi connectivity index (χ0) is 36.5. The summed E-state index contributed by atoms with van der Waals surface area (Å²) in [5.74, 6) is 2.35. The van der Waals surface area contributed by atoms with Gasteiger partial charge in [-0.2, -0.15) is 0 Å². The SMILES string of the molecule is CCCCC[C@]1([C@@H]2C[C@@H](OC(C)=O)C[C@@H](c3cc(O)c(O)c(OCCc4cccnc4)c3)O2)CSSC[C@H]2CCC[C@H](C2)Oc2cc(ccc2O)C1. The largest absolute Gasteiger partial charge is 0.504 e. The van der Waals surface area contributed by atoms with Crippen LogP contribution >= 0.6 is 21.6 Å². The number of carbonyl (C=O) groups excluding carboxylic acids is 1. The third kappa shape index (κ3) is 10.0. The molecule has 1 aromatic heterocycles. The minimum absolute atomic E-state index is 0.0958. The van der Waals surface area contributed by atoms with Crippen LogP contribution in [0.3, 0.4) is 0 Å². The van der Waals surface area contributed by atoms with Crippen molar-refractivity contribution in [2.45, 2.75) is 115 Å². The van der Waals surface area contributed by atoms with Crippen LogP contribution in [0.4, 0.5) is 0 Å². The number of benzene rings is 2. The zero-order valence-corrected chi connectivity index (χ0v) is 32.0. The predicted octanol–water partition coefficient (Wildman–Crippen LogP) is 9.11. The number of aromatic hydroxyl groups is 3. The van der Waals surface area contributed by atoms with Crippen molar-refractivity contribution in [3.8, 4) is 28.7 Å². The molecule has 0 unspecified atom stereocenters. The number of carbonyl (C=O) groups is 1. The van der Waals surface area contributed by atoms with Crippen molar-refractivity contribution in [2.75, 3.05) is 18.1 Å². The van der Waals surface area contributed by atoms with Crippen LogP contribution in [0.5, 0.6) is 28.7 Å². The first-order valence-electron chi connectivity index (χ1n) is 18.8. The molecule has 0 amide bonds. The first-order chi connectivity index (χ1) is 25.2. The Morgan fingerprint density at radius 3 is 2.73 bits per heavy atom. The number of ether oxygens (including phenoxy) is 4. The molecule has 52 heavy (non-hydrogen) atoms. The lowest BCUT2D eigenvalue weighted by molar-refractivity contribution is -0.173. The van der Waals surface area contributed by atoms with Crippen molar-refractivity contribution in [1.82, 2.24) is 4.98 Å². The van der Waals surface area contributed by atoms with E-state index in [9.17, 15) is 20.1 Å². The average Bonchev–Trinajstić information content (AvgIpc) is 3.13. The second-order valence-corrected chi connectivity index (χ2v) is 17.3. The topological polar surface area (TPSA) is 128 Å². The number of nitrogens with zero attached hydrogens (tertiary/aromatic N) is 1.